The van der Waals surface area contributed by atoms with E-state index in [1.54, 1.807) is 0 Å². The molecule has 58 heavy (non-hydrogen) atoms. The zero-order valence-corrected chi connectivity index (χ0v) is 34.0. The molecule has 2 fully saturated rings. The third kappa shape index (κ3) is 8.07. The predicted molar refractivity (Wildman–Crippen MR) is 219 cm³/mol. The van der Waals surface area contributed by atoms with E-state index in [1.165, 1.54) is 14.2 Å². The molecule has 306 valence electrons. The van der Waals surface area contributed by atoms with Crippen molar-refractivity contribution >= 4 is 45.9 Å². The number of amides is 4. The lowest BCUT2D eigenvalue weighted by atomic mass is 9.97. The van der Waals surface area contributed by atoms with E-state index >= 15 is 0 Å². The fraction of sp³-hybridized carbons (Fsp3) is 0.465. The lowest BCUT2D eigenvalue weighted by molar-refractivity contribution is -0.136. The molecule has 0 spiro atoms. The molecule has 7 rings (SSSR count). The number of pyridine rings is 1. The predicted octanol–water partition coefficient (Wildman–Crippen LogP) is 7.04. The number of carbonyl (C=O) groups is 4. The van der Waals surface area contributed by atoms with Crippen LogP contribution in [0.5, 0.6) is 0 Å². The Balaban J connectivity index is 1.07. The highest BCUT2D eigenvalue weighted by Gasteiger charge is 2.39. The number of hydrogen-bond acceptors (Lipinski definition) is 9. The lowest BCUT2D eigenvalue weighted by Crippen LogP contribution is -2.51. The van der Waals surface area contributed by atoms with E-state index in [1.807, 2.05) is 56.0 Å². The summed E-state index contributed by atoms with van der Waals surface area (Å²) >= 11 is 0. The third-order valence-corrected chi connectivity index (χ3v) is 12.0. The highest BCUT2D eigenvalue weighted by atomic mass is 16.5. The van der Waals surface area contributed by atoms with Crippen LogP contribution in [0, 0.1) is 11.8 Å². The van der Waals surface area contributed by atoms with Crippen LogP contribution in [0.4, 0.5) is 9.59 Å². The number of aromatic nitrogens is 5. The van der Waals surface area contributed by atoms with Gasteiger partial charge in [-0.05, 0) is 72.1 Å². The number of imidazole rings is 2. The highest BCUT2D eigenvalue weighted by Crippen LogP contribution is 2.36. The first kappa shape index (κ1) is 40.2. The number of aromatic amines is 2. The fourth-order valence-electron chi connectivity index (χ4n) is 8.20. The minimum atomic E-state index is -0.695. The highest BCUT2D eigenvalue weighted by molar-refractivity contribution is 5.92. The fourth-order valence-corrected chi connectivity index (χ4v) is 8.20. The number of ether oxygens (including phenoxy) is 2. The molecule has 5 heterocycles. The number of nitrogens with one attached hydrogen (secondary N) is 4. The monoisotopic (exact) mass is 791 g/mol. The molecular weight excluding hydrogens is 739 g/mol. The van der Waals surface area contributed by atoms with Gasteiger partial charge in [0.1, 0.15) is 23.7 Å². The zero-order chi connectivity index (χ0) is 41.1. The summed E-state index contributed by atoms with van der Waals surface area (Å²) in [5, 5.41) is 7.61. The van der Waals surface area contributed by atoms with E-state index in [2.05, 4.69) is 57.0 Å². The SMILES string of the molecule is CC[C@H](C)[C@H](NC(=O)OC)C(=O)N1CCC[C@H]1c1ncc(-c2ccc3cc(-c4cnc5nc([C@@H]6CCCN6C(=O)[C@@H](NC(=O)OC)[C@@H](C)CC)[nH]c5c4)ccc3c2)[nH]1. The average Bonchev–Trinajstić information content (AvgIpc) is 4.09. The molecule has 6 atom stereocenters. The van der Waals surface area contributed by atoms with E-state index in [-0.39, 0.29) is 35.7 Å². The van der Waals surface area contributed by atoms with Gasteiger partial charge in [-0.15, -0.1) is 0 Å². The summed E-state index contributed by atoms with van der Waals surface area (Å²) in [4.78, 5) is 76.5. The van der Waals surface area contributed by atoms with Crippen molar-refractivity contribution in [3.8, 4) is 22.4 Å². The van der Waals surface area contributed by atoms with Crippen LogP contribution in [0.3, 0.4) is 0 Å². The van der Waals surface area contributed by atoms with Gasteiger partial charge in [0.2, 0.25) is 11.8 Å². The Labute approximate surface area is 337 Å². The topological polar surface area (TPSA) is 188 Å². The number of likely N-dealkylation sites (tertiary alicyclic amines) is 2. The molecule has 0 unspecified atom stereocenters. The number of H-pyrrole nitrogens is 2. The molecule has 2 aliphatic heterocycles. The van der Waals surface area contributed by atoms with Gasteiger partial charge in [0.25, 0.3) is 0 Å². The van der Waals surface area contributed by atoms with Crippen molar-refractivity contribution in [1.82, 2.24) is 45.4 Å². The number of carbonyl (C=O) groups excluding carboxylic acids is 4. The molecule has 2 aliphatic rings. The number of benzene rings is 2. The van der Waals surface area contributed by atoms with Gasteiger partial charge in [-0.1, -0.05) is 64.8 Å². The van der Waals surface area contributed by atoms with Crippen LogP contribution >= 0.6 is 0 Å². The molecule has 2 saturated heterocycles. The van der Waals surface area contributed by atoms with E-state index in [4.69, 9.17) is 24.4 Å². The molecule has 4 amide bonds. The Morgan fingerprint density at radius 1 is 0.724 bits per heavy atom. The number of methoxy groups -OCH3 is 2. The molecular formula is C43H53N9O6. The summed E-state index contributed by atoms with van der Waals surface area (Å²) in [6, 6.07) is 12.8. The van der Waals surface area contributed by atoms with Crippen LogP contribution < -0.4 is 10.6 Å². The lowest BCUT2D eigenvalue weighted by Gasteiger charge is -2.30. The van der Waals surface area contributed by atoms with Gasteiger partial charge < -0.3 is 39.9 Å². The van der Waals surface area contributed by atoms with Crippen LogP contribution in [0.1, 0.15) is 90.0 Å². The summed E-state index contributed by atoms with van der Waals surface area (Å²) in [6.07, 6.45) is 7.05. The van der Waals surface area contributed by atoms with Gasteiger partial charge >= 0.3 is 12.2 Å². The van der Waals surface area contributed by atoms with Crippen molar-refractivity contribution in [1.29, 1.82) is 0 Å². The molecule has 5 aromatic rings. The Bertz CT molecular complexity index is 2300. The number of alkyl carbamates (subject to hydrolysis) is 2. The number of rotatable bonds is 12. The largest absolute Gasteiger partial charge is 0.453 e. The number of fused-ring (bicyclic) bond motifs is 2. The maximum Gasteiger partial charge on any atom is 0.407 e. The maximum absolute atomic E-state index is 13.8. The molecule has 15 heteroatoms. The molecule has 15 nitrogen and oxygen atoms in total. The van der Waals surface area contributed by atoms with Crippen molar-refractivity contribution in [3.63, 3.8) is 0 Å². The second-order valence-electron chi connectivity index (χ2n) is 15.6. The molecule has 0 saturated carbocycles. The van der Waals surface area contributed by atoms with Gasteiger partial charge in [0.15, 0.2) is 5.65 Å². The van der Waals surface area contributed by atoms with Crippen molar-refractivity contribution < 1.29 is 28.7 Å². The third-order valence-electron chi connectivity index (χ3n) is 12.0. The van der Waals surface area contributed by atoms with Gasteiger partial charge in [-0.3, -0.25) is 9.59 Å². The van der Waals surface area contributed by atoms with Crippen LogP contribution in [-0.2, 0) is 19.1 Å². The quantitative estimate of drug-likeness (QED) is 0.103. The zero-order valence-electron chi connectivity index (χ0n) is 34.0. The van der Waals surface area contributed by atoms with Gasteiger partial charge in [0.05, 0.1) is 43.7 Å². The summed E-state index contributed by atoms with van der Waals surface area (Å²) in [6.45, 7) is 9.06. The standard InChI is InChI=1S/C43H53N9O6/c1-7-24(3)35(48-42(55)57-5)40(53)51-17-9-11-33(51)38-45-23-32(47-38)29-16-15-26-19-28(14-13-27(26)20-29)30-21-31-37(44-22-30)50-39(46-31)34-12-10-18-52(34)41(54)36(25(4)8-2)49-43(56)58-6/h13-16,19-25,33-36H,7-12,17-18H2,1-6H3,(H,45,47)(H,48,55)(H,49,56)(H,44,46,50)/t24-,25-,33-,34-,35-,36-/m0/s1. The summed E-state index contributed by atoms with van der Waals surface area (Å²) in [5.74, 6) is 1.00. The summed E-state index contributed by atoms with van der Waals surface area (Å²) in [7, 11) is 2.59. The first-order valence-electron chi connectivity index (χ1n) is 20.3. The molecule has 4 N–H and O–H groups in total. The van der Waals surface area contributed by atoms with Crippen molar-refractivity contribution in [3.05, 3.63) is 66.5 Å². The molecule has 0 aliphatic carbocycles. The first-order valence-corrected chi connectivity index (χ1v) is 20.3. The number of nitrogens with zero attached hydrogens (tertiary/aromatic N) is 5. The second kappa shape index (κ2) is 17.2. The van der Waals surface area contributed by atoms with Gasteiger partial charge in [-0.2, -0.15) is 0 Å². The Kier molecular flexibility index (Phi) is 12.0. The summed E-state index contributed by atoms with van der Waals surface area (Å²) in [5.41, 5.74) is 5.12. The van der Waals surface area contributed by atoms with E-state index in [0.29, 0.717) is 24.6 Å². The van der Waals surface area contributed by atoms with Crippen molar-refractivity contribution in [2.45, 2.75) is 90.4 Å². The van der Waals surface area contributed by atoms with Crippen LogP contribution in [0.2, 0.25) is 0 Å². The van der Waals surface area contributed by atoms with Crippen molar-refractivity contribution in [2.24, 2.45) is 11.8 Å². The molecule has 0 radical (unpaired) electrons. The molecule has 0 bridgehead atoms. The van der Waals surface area contributed by atoms with Gasteiger partial charge in [-0.25, -0.2) is 24.5 Å². The average molecular weight is 792 g/mol. The normalized spacial score (nSPS) is 18.9. The Morgan fingerprint density at radius 2 is 1.28 bits per heavy atom. The van der Waals surface area contributed by atoms with Crippen LogP contribution in [0.25, 0.3) is 44.3 Å². The maximum atomic E-state index is 13.8. The summed E-state index contributed by atoms with van der Waals surface area (Å²) < 4.78 is 9.62. The van der Waals surface area contributed by atoms with Crippen LogP contribution in [0.15, 0.2) is 54.9 Å². The minimum absolute atomic E-state index is 0.0603. The Hall–Kier alpha value is -5.99. The van der Waals surface area contributed by atoms with E-state index < -0.39 is 24.3 Å². The number of hydrogen-bond donors (Lipinski definition) is 4. The minimum Gasteiger partial charge on any atom is -0.453 e. The molecule has 3 aromatic heterocycles. The van der Waals surface area contributed by atoms with E-state index in [9.17, 15) is 19.2 Å². The smallest absolute Gasteiger partial charge is 0.407 e. The van der Waals surface area contributed by atoms with Gasteiger partial charge in [0, 0.05) is 30.4 Å². The van der Waals surface area contributed by atoms with E-state index in [0.717, 1.165) is 83.0 Å². The van der Waals surface area contributed by atoms with Crippen LogP contribution in [-0.4, -0.2) is 98.1 Å². The Morgan fingerprint density at radius 3 is 1.84 bits per heavy atom. The second-order valence-corrected chi connectivity index (χ2v) is 15.6. The van der Waals surface area contributed by atoms with Crippen molar-refractivity contribution in [2.75, 3.05) is 27.3 Å². The first-order chi connectivity index (χ1) is 28.0. The molecule has 2 aromatic carbocycles.